The third kappa shape index (κ3) is 16.5. The maximum atomic E-state index is 12.3. The Morgan fingerprint density at radius 3 is 0.733 bits per heavy atom. The smallest absolute Gasteiger partial charge is 0.187 e. The van der Waals surface area contributed by atoms with Gasteiger partial charge >= 0.3 is 0 Å². The van der Waals surface area contributed by atoms with Gasteiger partial charge in [0.2, 0.25) is 0 Å². The molecule has 0 bridgehead atoms. The predicted octanol–water partition coefficient (Wildman–Crippen LogP) is 4.75. The molecule has 4 aliphatic heterocycles. The molecule has 4 saturated heterocycles. The molecule has 4 aliphatic rings. The summed E-state index contributed by atoms with van der Waals surface area (Å²) in [4.78, 5) is 0. The van der Waals surface area contributed by atoms with Crippen molar-refractivity contribution in [1.82, 2.24) is 0 Å². The number of ether oxygens (including phenoxy) is 11. The molecule has 8 aromatic carbocycles. The Morgan fingerprint density at radius 2 is 0.465 bits per heavy atom. The van der Waals surface area contributed by atoms with E-state index in [0.717, 1.165) is 44.5 Å². The number of rotatable bonds is 22. The first kappa shape index (κ1) is 71.1. The molecule has 0 spiro atoms. The van der Waals surface area contributed by atoms with Gasteiger partial charge in [-0.1, -0.05) is 97.1 Å². The van der Waals surface area contributed by atoms with Gasteiger partial charge in [0, 0.05) is 0 Å². The molecule has 4 heterocycles. The van der Waals surface area contributed by atoms with Crippen LogP contribution in [0.3, 0.4) is 0 Å². The van der Waals surface area contributed by atoms with E-state index in [1.54, 1.807) is 194 Å². The summed E-state index contributed by atoms with van der Waals surface area (Å²) < 4.78 is 68.1. The molecule has 12 rings (SSSR count). The molecule has 0 unspecified atom stereocenters. The summed E-state index contributed by atoms with van der Waals surface area (Å²) >= 11 is 0. The molecule has 0 aliphatic carbocycles. The van der Waals surface area contributed by atoms with E-state index in [1.165, 1.54) is 0 Å². The van der Waals surface area contributed by atoms with Gasteiger partial charge in [-0.3, -0.25) is 0 Å². The van der Waals surface area contributed by atoms with E-state index in [-0.39, 0.29) is 18.1 Å². The number of hydrogen-bond acceptors (Lipinski definition) is 25. The van der Waals surface area contributed by atoms with Crippen LogP contribution in [0.5, 0.6) is 23.0 Å². The van der Waals surface area contributed by atoms with Crippen LogP contribution in [0, 0.1) is 45.3 Å². The molecule has 520 valence electrons. The number of aliphatic hydroxyl groups excluding tert-OH is 10. The fraction of sp³-hybridized carbons (Fsp3) is 0.316. The van der Waals surface area contributed by atoms with Crippen LogP contribution in [0.25, 0.3) is 44.5 Å². The van der Waals surface area contributed by atoms with Gasteiger partial charge in [-0.05, 0) is 142 Å². The third-order valence-electron chi connectivity index (χ3n) is 17.9. The zero-order valence-corrected chi connectivity index (χ0v) is 53.6. The molecule has 8 aromatic rings. The zero-order valence-electron chi connectivity index (χ0n) is 53.6. The van der Waals surface area contributed by atoms with E-state index >= 15 is 0 Å². The molecule has 0 radical (unpaired) electrons. The van der Waals surface area contributed by atoms with E-state index in [0.29, 0.717) is 33.8 Å². The molecule has 101 heavy (non-hydrogen) atoms. The van der Waals surface area contributed by atoms with Crippen molar-refractivity contribution in [3.8, 4) is 91.8 Å². The van der Waals surface area contributed by atoms with Crippen LogP contribution < -0.4 is 18.9 Å². The van der Waals surface area contributed by atoms with Gasteiger partial charge in [0.05, 0.1) is 46.5 Å². The Kier molecular flexibility index (Phi) is 22.7. The summed E-state index contributed by atoms with van der Waals surface area (Å²) in [6.45, 7) is -1.81. The van der Waals surface area contributed by atoms with Crippen LogP contribution in [0.15, 0.2) is 194 Å². The summed E-state index contributed by atoms with van der Waals surface area (Å²) in [5.74, 6) is 1.19. The predicted molar refractivity (Wildman–Crippen MR) is 354 cm³/mol. The van der Waals surface area contributed by atoms with Crippen molar-refractivity contribution in [1.29, 1.82) is 21.0 Å². The van der Waals surface area contributed by atoms with Gasteiger partial charge in [-0.15, -0.1) is 0 Å². The first-order valence-corrected chi connectivity index (χ1v) is 32.3. The summed E-state index contributed by atoms with van der Waals surface area (Å²) in [5, 5.41) is 153. The SMILES string of the molecule is N#Cc1ccc(-c2ccc(OC[C@H]3O[C@@H](O[C@H]4[C@H](O)[C@@H](O)[C@H](O[C@H]5[C@H](O)[C@@H](O)[C@H](O[C@H]6[C@H](O)[C@@H](O)[C@H](O)O[C@@H]6COc6ccc(-c7ccc(C#N)cc7)cc6)O[C@@H]5COc5ccc(-c6ccc(C#N)cc6)cc5)O[C@@H]4COc4ccc(-c5ccc(C#N)cc5)cc4)[C@H](O)[C@@H](O)[C@@H]3O)cc2)cc1. The van der Waals surface area contributed by atoms with Crippen molar-refractivity contribution in [2.45, 2.75) is 123 Å². The van der Waals surface area contributed by atoms with E-state index in [9.17, 15) is 72.1 Å². The van der Waals surface area contributed by atoms with Crippen LogP contribution in [0.4, 0.5) is 0 Å². The minimum absolute atomic E-state index is 0.262. The first-order chi connectivity index (χ1) is 48.9. The highest BCUT2D eigenvalue weighted by atomic mass is 16.8. The Hall–Kier alpha value is -9.76. The van der Waals surface area contributed by atoms with Crippen LogP contribution in [0.2, 0.25) is 0 Å². The zero-order chi connectivity index (χ0) is 70.8. The number of hydrogen-bond donors (Lipinski definition) is 10. The van der Waals surface area contributed by atoms with Crippen molar-refractivity contribution in [3.63, 3.8) is 0 Å². The van der Waals surface area contributed by atoms with Crippen LogP contribution >= 0.6 is 0 Å². The van der Waals surface area contributed by atoms with Gasteiger partial charge in [0.1, 0.15) is 147 Å². The maximum absolute atomic E-state index is 12.3. The van der Waals surface area contributed by atoms with E-state index in [2.05, 4.69) is 24.3 Å². The van der Waals surface area contributed by atoms with Crippen molar-refractivity contribution < 1.29 is 103 Å². The summed E-state index contributed by atoms with van der Waals surface area (Å²) in [5.41, 5.74) is 8.31. The number of nitriles is 4. The highest BCUT2D eigenvalue weighted by molar-refractivity contribution is 5.68. The lowest BCUT2D eigenvalue weighted by atomic mass is 9.95. The second-order valence-electron chi connectivity index (χ2n) is 24.5. The Morgan fingerprint density at radius 1 is 0.248 bits per heavy atom. The largest absolute Gasteiger partial charge is 0.491 e. The average molecular weight is 1380 g/mol. The van der Waals surface area contributed by atoms with Crippen molar-refractivity contribution in [2.24, 2.45) is 0 Å². The van der Waals surface area contributed by atoms with Gasteiger partial charge < -0.3 is 103 Å². The van der Waals surface area contributed by atoms with E-state index in [1.807, 2.05) is 0 Å². The molecule has 0 saturated carbocycles. The topological polar surface area (TPSA) is 399 Å². The Labute approximate surface area is 579 Å². The lowest BCUT2D eigenvalue weighted by molar-refractivity contribution is -0.386. The maximum Gasteiger partial charge on any atom is 0.187 e. The molecule has 10 N–H and O–H groups in total. The quantitative estimate of drug-likeness (QED) is 0.0437. The van der Waals surface area contributed by atoms with Crippen molar-refractivity contribution in [2.75, 3.05) is 26.4 Å². The van der Waals surface area contributed by atoms with Gasteiger partial charge in [0.15, 0.2) is 25.2 Å². The lowest BCUT2D eigenvalue weighted by Crippen LogP contribution is -2.67. The molecule has 25 nitrogen and oxygen atoms in total. The third-order valence-corrected chi connectivity index (χ3v) is 17.9. The van der Waals surface area contributed by atoms with E-state index < -0.39 is 143 Å². The van der Waals surface area contributed by atoms with Crippen LogP contribution in [-0.2, 0) is 33.2 Å². The lowest BCUT2D eigenvalue weighted by Gasteiger charge is -2.49. The Balaban J connectivity index is 0.789. The summed E-state index contributed by atoms with van der Waals surface area (Å²) in [6, 6.07) is 63.3. The normalized spacial score (nSPS) is 29.4. The van der Waals surface area contributed by atoms with Crippen LogP contribution in [0.1, 0.15) is 22.3 Å². The number of nitrogens with zero attached hydrogens (tertiary/aromatic N) is 4. The molecule has 25 heteroatoms. The minimum atomic E-state index is -2.12. The molecule has 20 atom stereocenters. The number of aliphatic hydroxyl groups is 10. The second kappa shape index (κ2) is 32.3. The van der Waals surface area contributed by atoms with Crippen LogP contribution in [-0.4, -0.2) is 200 Å². The highest BCUT2D eigenvalue weighted by Gasteiger charge is 2.56. The summed E-state index contributed by atoms with van der Waals surface area (Å²) in [7, 11) is 0. The molecule has 4 fully saturated rings. The standard InChI is InChI=1S/C76H70N4O21/c77-33-41-1-9-45(10-2-41)49-17-25-53(26-18-49)91-37-57-61(81)62(82)67(87)74(96-57)100-71-59(39-93-55-29-21-51(22-30-55)47-13-5-43(35-79)6-14-47)98-76(69(89)64(71)84)101-72-60(40-94-56-31-23-52(24-32-56)48-15-7-44(36-80)8-16-48)97-75(68(88)65(72)85)99-70-58(95-73(90)66(86)63(70)83)38-92-54-27-19-50(20-28-54)46-11-3-42(34-78)4-12-46/h1-32,57-76,81-90H,37-40H2/t57-,58-,59-,60-,61-,62+,63-,64-,65-,66-,67-,68-,69-,70-,71-,72-,73-,74+,75+,76+/m1/s1. The van der Waals surface area contributed by atoms with Crippen molar-refractivity contribution in [3.05, 3.63) is 216 Å². The molecular weight excluding hydrogens is 1300 g/mol. The average Bonchev–Trinajstić information content (AvgIpc) is 0.768. The van der Waals surface area contributed by atoms with Crippen molar-refractivity contribution >= 4 is 0 Å². The molecule has 0 aromatic heterocycles. The fourth-order valence-corrected chi connectivity index (χ4v) is 12.1. The first-order valence-electron chi connectivity index (χ1n) is 32.3. The minimum Gasteiger partial charge on any atom is -0.491 e. The Bertz CT molecular complexity index is 4210. The molecular formula is C76H70N4O21. The number of benzene rings is 8. The molecule has 0 amide bonds. The van der Waals surface area contributed by atoms with E-state index in [4.69, 9.17) is 52.1 Å². The fourth-order valence-electron chi connectivity index (χ4n) is 12.1. The summed E-state index contributed by atoms with van der Waals surface area (Å²) in [6.07, 6.45) is -36.4. The van der Waals surface area contributed by atoms with Gasteiger partial charge in [0.25, 0.3) is 0 Å². The second-order valence-corrected chi connectivity index (χ2v) is 24.5. The highest BCUT2D eigenvalue weighted by Crippen LogP contribution is 2.37. The van der Waals surface area contributed by atoms with Gasteiger partial charge in [-0.2, -0.15) is 21.0 Å². The monoisotopic (exact) mass is 1370 g/mol. The van der Waals surface area contributed by atoms with Gasteiger partial charge in [-0.25, -0.2) is 0 Å².